The van der Waals surface area contributed by atoms with Gasteiger partial charge in [-0.25, -0.2) is 4.79 Å². The first-order valence-electron chi connectivity index (χ1n) is 5.95. The van der Waals surface area contributed by atoms with Gasteiger partial charge in [0, 0.05) is 11.6 Å². The second-order valence-corrected chi connectivity index (χ2v) is 5.82. The summed E-state index contributed by atoms with van der Waals surface area (Å²) < 4.78 is 0. The van der Waals surface area contributed by atoms with E-state index in [4.69, 9.17) is 0 Å². The van der Waals surface area contributed by atoms with Crippen molar-refractivity contribution in [2.24, 2.45) is 5.92 Å². The number of nitrogens with one attached hydrogen (secondary N) is 2. The van der Waals surface area contributed by atoms with Gasteiger partial charge in [0.2, 0.25) is 0 Å². The first-order chi connectivity index (χ1) is 6.87. The molecule has 1 aliphatic rings. The van der Waals surface area contributed by atoms with Crippen molar-refractivity contribution in [1.82, 2.24) is 10.6 Å². The minimum Gasteiger partial charge on any atom is -0.335 e. The molecule has 2 amide bonds. The standard InChI is InChI=1S/C12H24N2O/c1-9-6-5-7-10(8-9)13-11(15)14-12(2,3)4/h9-10H,5-8H2,1-4H3,(H2,13,14,15). The van der Waals surface area contributed by atoms with Crippen molar-refractivity contribution in [3.63, 3.8) is 0 Å². The third-order valence-electron chi connectivity index (χ3n) is 2.76. The predicted octanol–water partition coefficient (Wildman–Crippen LogP) is 2.66. The van der Waals surface area contributed by atoms with Crippen molar-refractivity contribution in [3.8, 4) is 0 Å². The summed E-state index contributed by atoms with van der Waals surface area (Å²) in [6, 6.07) is 0.345. The third kappa shape index (κ3) is 5.05. The van der Waals surface area contributed by atoms with Crippen LogP contribution in [-0.2, 0) is 0 Å². The van der Waals surface area contributed by atoms with Gasteiger partial charge in [0.15, 0.2) is 0 Å². The van der Waals surface area contributed by atoms with E-state index in [1.54, 1.807) is 0 Å². The van der Waals surface area contributed by atoms with Gasteiger partial charge >= 0.3 is 6.03 Å². The van der Waals surface area contributed by atoms with Crippen LogP contribution >= 0.6 is 0 Å². The van der Waals surface area contributed by atoms with Crippen LogP contribution < -0.4 is 10.6 Å². The van der Waals surface area contributed by atoms with Crippen LogP contribution in [0.1, 0.15) is 53.4 Å². The smallest absolute Gasteiger partial charge is 0.315 e. The molecule has 1 rings (SSSR count). The van der Waals surface area contributed by atoms with Crippen LogP contribution in [0, 0.1) is 5.92 Å². The Morgan fingerprint density at radius 2 is 1.93 bits per heavy atom. The SMILES string of the molecule is CC1CCCC(NC(=O)NC(C)(C)C)C1. The Morgan fingerprint density at radius 1 is 1.27 bits per heavy atom. The first kappa shape index (κ1) is 12.3. The molecule has 0 aromatic heterocycles. The van der Waals surface area contributed by atoms with E-state index in [9.17, 15) is 4.79 Å². The first-order valence-corrected chi connectivity index (χ1v) is 5.95. The normalized spacial score (nSPS) is 27.2. The van der Waals surface area contributed by atoms with Crippen LogP contribution in [0.25, 0.3) is 0 Å². The fraction of sp³-hybridized carbons (Fsp3) is 0.917. The quantitative estimate of drug-likeness (QED) is 0.689. The zero-order valence-electron chi connectivity index (χ0n) is 10.4. The molecule has 0 saturated heterocycles. The second kappa shape index (κ2) is 4.86. The van der Waals surface area contributed by atoms with Crippen LogP contribution in [-0.4, -0.2) is 17.6 Å². The fourth-order valence-electron chi connectivity index (χ4n) is 2.13. The summed E-state index contributed by atoms with van der Waals surface area (Å²) in [6.07, 6.45) is 4.79. The molecule has 0 aromatic carbocycles. The number of carbonyl (C=O) groups excluding carboxylic acids is 1. The van der Waals surface area contributed by atoms with Crippen LogP contribution in [0.3, 0.4) is 0 Å². The number of hydrogen-bond acceptors (Lipinski definition) is 1. The van der Waals surface area contributed by atoms with Crippen molar-refractivity contribution >= 4 is 6.03 Å². The number of rotatable bonds is 1. The van der Waals surface area contributed by atoms with Gasteiger partial charge in [-0.3, -0.25) is 0 Å². The Morgan fingerprint density at radius 3 is 2.47 bits per heavy atom. The fourth-order valence-corrected chi connectivity index (χ4v) is 2.13. The second-order valence-electron chi connectivity index (χ2n) is 5.82. The van der Waals surface area contributed by atoms with E-state index in [0.717, 1.165) is 18.8 Å². The van der Waals surface area contributed by atoms with Gasteiger partial charge in [0.25, 0.3) is 0 Å². The molecule has 1 fully saturated rings. The number of amides is 2. The lowest BCUT2D eigenvalue weighted by Gasteiger charge is -2.29. The van der Waals surface area contributed by atoms with E-state index < -0.39 is 0 Å². The van der Waals surface area contributed by atoms with Gasteiger partial charge in [-0.05, 0) is 39.5 Å². The summed E-state index contributed by atoms with van der Waals surface area (Å²) in [4.78, 5) is 11.6. The highest BCUT2D eigenvalue weighted by Gasteiger charge is 2.21. The lowest BCUT2D eigenvalue weighted by atomic mass is 9.87. The average Bonchev–Trinajstić information content (AvgIpc) is 1.99. The summed E-state index contributed by atoms with van der Waals surface area (Å²) in [7, 11) is 0. The number of carbonyl (C=O) groups is 1. The molecule has 0 radical (unpaired) electrons. The summed E-state index contributed by atoms with van der Waals surface area (Å²) in [5.74, 6) is 0.749. The summed E-state index contributed by atoms with van der Waals surface area (Å²) in [5.41, 5.74) is -0.148. The highest BCUT2D eigenvalue weighted by Crippen LogP contribution is 2.23. The highest BCUT2D eigenvalue weighted by molar-refractivity contribution is 5.74. The highest BCUT2D eigenvalue weighted by atomic mass is 16.2. The molecule has 1 aliphatic carbocycles. The zero-order chi connectivity index (χ0) is 11.5. The van der Waals surface area contributed by atoms with Crippen molar-refractivity contribution in [3.05, 3.63) is 0 Å². The largest absolute Gasteiger partial charge is 0.335 e. The summed E-state index contributed by atoms with van der Waals surface area (Å²) in [6.45, 7) is 8.25. The van der Waals surface area contributed by atoms with E-state index >= 15 is 0 Å². The van der Waals surface area contributed by atoms with Gasteiger partial charge < -0.3 is 10.6 Å². The van der Waals surface area contributed by atoms with E-state index in [2.05, 4.69) is 17.6 Å². The van der Waals surface area contributed by atoms with Gasteiger partial charge in [-0.1, -0.05) is 19.8 Å². The molecule has 0 spiro atoms. The maximum absolute atomic E-state index is 11.6. The minimum atomic E-state index is -0.148. The number of urea groups is 1. The molecule has 88 valence electrons. The lowest BCUT2D eigenvalue weighted by molar-refractivity contribution is 0.219. The topological polar surface area (TPSA) is 41.1 Å². The van der Waals surface area contributed by atoms with Crippen LogP contribution in [0.4, 0.5) is 4.79 Å². The van der Waals surface area contributed by atoms with E-state index in [1.165, 1.54) is 12.8 Å². The third-order valence-corrected chi connectivity index (χ3v) is 2.76. The van der Waals surface area contributed by atoms with Gasteiger partial charge in [-0.15, -0.1) is 0 Å². The van der Waals surface area contributed by atoms with Crippen molar-refractivity contribution < 1.29 is 4.79 Å². The molecular weight excluding hydrogens is 188 g/mol. The molecular formula is C12H24N2O. The van der Waals surface area contributed by atoms with E-state index in [1.807, 2.05) is 20.8 Å². The van der Waals surface area contributed by atoms with Gasteiger partial charge in [0.1, 0.15) is 0 Å². The van der Waals surface area contributed by atoms with Gasteiger partial charge in [-0.2, -0.15) is 0 Å². The molecule has 0 bridgehead atoms. The molecule has 2 unspecified atom stereocenters. The molecule has 15 heavy (non-hydrogen) atoms. The summed E-state index contributed by atoms with van der Waals surface area (Å²) >= 11 is 0. The van der Waals surface area contributed by atoms with Gasteiger partial charge in [0.05, 0.1) is 0 Å². The molecule has 3 heteroatoms. The van der Waals surface area contributed by atoms with Crippen LogP contribution in [0.5, 0.6) is 0 Å². The van der Waals surface area contributed by atoms with Crippen molar-refractivity contribution in [1.29, 1.82) is 0 Å². The van der Waals surface area contributed by atoms with Crippen LogP contribution in [0.2, 0.25) is 0 Å². The molecule has 2 atom stereocenters. The monoisotopic (exact) mass is 212 g/mol. The van der Waals surface area contributed by atoms with Crippen molar-refractivity contribution in [2.45, 2.75) is 65.0 Å². The Labute approximate surface area is 93.0 Å². The molecule has 1 saturated carbocycles. The Balaban J connectivity index is 2.31. The Kier molecular flexibility index (Phi) is 4.00. The maximum Gasteiger partial charge on any atom is 0.315 e. The zero-order valence-corrected chi connectivity index (χ0v) is 10.4. The Hall–Kier alpha value is -0.730. The van der Waals surface area contributed by atoms with Crippen LogP contribution in [0.15, 0.2) is 0 Å². The maximum atomic E-state index is 11.6. The molecule has 0 aromatic rings. The minimum absolute atomic E-state index is 0.0263. The van der Waals surface area contributed by atoms with E-state index in [-0.39, 0.29) is 11.6 Å². The van der Waals surface area contributed by atoms with Crippen molar-refractivity contribution in [2.75, 3.05) is 0 Å². The summed E-state index contributed by atoms with van der Waals surface area (Å²) in [5, 5.41) is 5.99. The molecule has 3 nitrogen and oxygen atoms in total. The predicted molar refractivity (Wildman–Crippen MR) is 62.8 cm³/mol. The average molecular weight is 212 g/mol. The number of hydrogen-bond donors (Lipinski definition) is 2. The van der Waals surface area contributed by atoms with E-state index in [0.29, 0.717) is 6.04 Å². The molecule has 2 N–H and O–H groups in total. The Bertz CT molecular complexity index is 220. The lowest BCUT2D eigenvalue weighted by Crippen LogP contribution is -2.50. The molecule has 0 aliphatic heterocycles. The molecule has 0 heterocycles.